The van der Waals surface area contributed by atoms with Crippen LogP contribution in [0.1, 0.15) is 18.7 Å². The van der Waals surface area contributed by atoms with Crippen molar-refractivity contribution in [2.45, 2.75) is 12.8 Å². The molecule has 1 aromatic carbocycles. The summed E-state index contributed by atoms with van der Waals surface area (Å²) in [5.41, 5.74) is 7.18. The third-order valence-corrected chi connectivity index (χ3v) is 2.94. The lowest BCUT2D eigenvalue weighted by molar-refractivity contribution is 0.628. The van der Waals surface area contributed by atoms with E-state index in [1.807, 2.05) is 6.92 Å². The monoisotopic (exact) mass is 253 g/mol. The van der Waals surface area contributed by atoms with Crippen LogP contribution in [0.15, 0.2) is 24.4 Å². The first-order valence-corrected chi connectivity index (χ1v) is 5.70. The van der Waals surface area contributed by atoms with Gasteiger partial charge in [0.15, 0.2) is 0 Å². The maximum Gasteiger partial charge on any atom is 0.141 e. The summed E-state index contributed by atoms with van der Waals surface area (Å²) in [5, 5.41) is 0.102. The van der Waals surface area contributed by atoms with E-state index in [0.29, 0.717) is 6.54 Å². The number of nitrogens with one attached hydrogen (secondary N) is 1. The molecule has 0 aliphatic heterocycles. The van der Waals surface area contributed by atoms with Crippen LogP contribution in [0.25, 0.3) is 11.3 Å². The molecule has 0 aliphatic carbocycles. The molecule has 0 bridgehead atoms. The average Bonchev–Trinajstić information content (AvgIpc) is 2.81. The van der Waals surface area contributed by atoms with Crippen molar-refractivity contribution in [2.75, 3.05) is 6.54 Å². The molecule has 2 aromatic rings. The number of nitrogens with two attached hydrogens (primary N) is 1. The fourth-order valence-electron chi connectivity index (χ4n) is 1.51. The maximum atomic E-state index is 13.0. The average molecular weight is 254 g/mol. The molecule has 1 aromatic heterocycles. The minimum Gasteiger partial charge on any atom is -0.342 e. The van der Waals surface area contributed by atoms with Gasteiger partial charge < -0.3 is 10.7 Å². The number of H-pyrrole nitrogens is 1. The Bertz CT molecular complexity index is 524. The number of rotatable bonds is 3. The number of imidazole rings is 1. The molecule has 1 unspecified atom stereocenters. The number of hydrogen-bond donors (Lipinski definition) is 2. The normalized spacial score (nSPS) is 12.7. The molecule has 90 valence electrons. The molecular weight excluding hydrogens is 241 g/mol. The highest BCUT2D eigenvalue weighted by molar-refractivity contribution is 6.31. The van der Waals surface area contributed by atoms with Gasteiger partial charge in [-0.15, -0.1) is 0 Å². The van der Waals surface area contributed by atoms with E-state index in [4.69, 9.17) is 17.3 Å². The molecule has 17 heavy (non-hydrogen) atoms. The summed E-state index contributed by atoms with van der Waals surface area (Å²) in [5.74, 6) is 0.563. The quantitative estimate of drug-likeness (QED) is 0.884. The molecule has 3 N–H and O–H groups in total. The van der Waals surface area contributed by atoms with Crippen molar-refractivity contribution in [3.63, 3.8) is 0 Å². The highest BCUT2D eigenvalue weighted by Crippen LogP contribution is 2.24. The summed E-state index contributed by atoms with van der Waals surface area (Å²) in [6.07, 6.45) is 1.70. The van der Waals surface area contributed by atoms with Gasteiger partial charge in [0.2, 0.25) is 0 Å². The third kappa shape index (κ3) is 2.48. The van der Waals surface area contributed by atoms with Crippen LogP contribution in [0, 0.1) is 5.82 Å². The predicted molar refractivity (Wildman–Crippen MR) is 66.5 cm³/mol. The Morgan fingerprint density at radius 3 is 2.94 bits per heavy atom. The van der Waals surface area contributed by atoms with Crippen molar-refractivity contribution in [1.29, 1.82) is 0 Å². The number of benzene rings is 1. The van der Waals surface area contributed by atoms with E-state index in [-0.39, 0.29) is 10.9 Å². The van der Waals surface area contributed by atoms with Crippen molar-refractivity contribution >= 4 is 11.6 Å². The lowest BCUT2D eigenvalue weighted by Gasteiger charge is -2.03. The van der Waals surface area contributed by atoms with Crippen LogP contribution in [0.2, 0.25) is 5.02 Å². The second-order valence-electron chi connectivity index (χ2n) is 3.95. The Labute approximate surface area is 104 Å². The summed E-state index contributed by atoms with van der Waals surface area (Å²) < 4.78 is 13.0. The number of hydrogen-bond acceptors (Lipinski definition) is 2. The van der Waals surface area contributed by atoms with E-state index in [1.54, 1.807) is 18.3 Å². The summed E-state index contributed by atoms with van der Waals surface area (Å²) in [4.78, 5) is 7.40. The Kier molecular flexibility index (Phi) is 3.45. The highest BCUT2D eigenvalue weighted by Gasteiger charge is 2.10. The number of aromatic amines is 1. The Morgan fingerprint density at radius 1 is 1.53 bits per heavy atom. The standard InChI is InChI=1S/C12H13ClFN3/c1-7(5-15)12-16-6-11(17-12)8-2-3-10(14)9(13)4-8/h2-4,6-7H,5,15H2,1H3,(H,16,17). The van der Waals surface area contributed by atoms with E-state index < -0.39 is 5.82 Å². The molecule has 0 aliphatic rings. The molecule has 0 spiro atoms. The second-order valence-corrected chi connectivity index (χ2v) is 4.35. The first kappa shape index (κ1) is 12.1. The van der Waals surface area contributed by atoms with Crippen LogP contribution in [-0.2, 0) is 0 Å². The van der Waals surface area contributed by atoms with E-state index in [1.165, 1.54) is 6.07 Å². The zero-order valence-corrected chi connectivity index (χ0v) is 10.1. The van der Waals surface area contributed by atoms with Gasteiger partial charge >= 0.3 is 0 Å². The fraction of sp³-hybridized carbons (Fsp3) is 0.250. The summed E-state index contributed by atoms with van der Waals surface area (Å²) in [6.45, 7) is 2.51. The van der Waals surface area contributed by atoms with Crippen LogP contribution in [0.3, 0.4) is 0 Å². The van der Waals surface area contributed by atoms with Gasteiger partial charge in [0, 0.05) is 18.0 Å². The van der Waals surface area contributed by atoms with Crippen LogP contribution in [0.4, 0.5) is 4.39 Å². The molecule has 1 heterocycles. The summed E-state index contributed by atoms with van der Waals surface area (Å²) in [7, 11) is 0. The van der Waals surface area contributed by atoms with E-state index in [0.717, 1.165) is 17.1 Å². The minimum atomic E-state index is -0.425. The minimum absolute atomic E-state index is 0.102. The molecule has 1 atom stereocenters. The van der Waals surface area contributed by atoms with E-state index >= 15 is 0 Å². The van der Waals surface area contributed by atoms with Gasteiger partial charge in [-0.05, 0) is 18.2 Å². The van der Waals surface area contributed by atoms with Crippen LogP contribution >= 0.6 is 11.6 Å². The molecule has 0 saturated carbocycles. The van der Waals surface area contributed by atoms with Crippen molar-refractivity contribution in [2.24, 2.45) is 5.73 Å². The Balaban J connectivity index is 2.33. The van der Waals surface area contributed by atoms with Gasteiger partial charge in [0.25, 0.3) is 0 Å². The van der Waals surface area contributed by atoms with Gasteiger partial charge in [-0.1, -0.05) is 18.5 Å². The zero-order chi connectivity index (χ0) is 12.4. The van der Waals surface area contributed by atoms with Crippen molar-refractivity contribution < 1.29 is 4.39 Å². The van der Waals surface area contributed by atoms with E-state index in [9.17, 15) is 4.39 Å². The van der Waals surface area contributed by atoms with Gasteiger partial charge in [-0.3, -0.25) is 0 Å². The molecule has 5 heteroatoms. The first-order valence-electron chi connectivity index (χ1n) is 5.32. The van der Waals surface area contributed by atoms with Crippen molar-refractivity contribution in [1.82, 2.24) is 9.97 Å². The van der Waals surface area contributed by atoms with Gasteiger partial charge in [-0.2, -0.15) is 0 Å². The van der Waals surface area contributed by atoms with E-state index in [2.05, 4.69) is 9.97 Å². The molecule has 3 nitrogen and oxygen atoms in total. The van der Waals surface area contributed by atoms with Crippen molar-refractivity contribution in [3.05, 3.63) is 41.1 Å². The third-order valence-electron chi connectivity index (χ3n) is 2.65. The fourth-order valence-corrected chi connectivity index (χ4v) is 1.69. The summed E-state index contributed by atoms with van der Waals surface area (Å²) >= 11 is 5.73. The molecule has 0 saturated heterocycles. The topological polar surface area (TPSA) is 54.7 Å². The molecular formula is C12H13ClFN3. The molecule has 0 radical (unpaired) electrons. The molecule has 2 rings (SSSR count). The summed E-state index contributed by atoms with van der Waals surface area (Å²) in [6, 6.07) is 4.57. The number of aromatic nitrogens is 2. The Morgan fingerprint density at radius 2 is 2.29 bits per heavy atom. The van der Waals surface area contributed by atoms with Crippen molar-refractivity contribution in [3.8, 4) is 11.3 Å². The molecule has 0 fully saturated rings. The van der Waals surface area contributed by atoms with Crippen LogP contribution < -0.4 is 5.73 Å². The van der Waals surface area contributed by atoms with Crippen LogP contribution in [0.5, 0.6) is 0 Å². The second kappa shape index (κ2) is 4.85. The highest BCUT2D eigenvalue weighted by atomic mass is 35.5. The maximum absolute atomic E-state index is 13.0. The predicted octanol–water partition coefficient (Wildman–Crippen LogP) is 2.93. The first-order chi connectivity index (χ1) is 8.11. The number of halogens is 2. The van der Waals surface area contributed by atoms with Crippen LogP contribution in [-0.4, -0.2) is 16.5 Å². The lowest BCUT2D eigenvalue weighted by Crippen LogP contribution is -2.10. The Hall–Kier alpha value is -1.39. The SMILES string of the molecule is CC(CN)c1ncc(-c2ccc(F)c(Cl)c2)[nH]1. The number of nitrogens with zero attached hydrogens (tertiary/aromatic N) is 1. The van der Waals surface area contributed by atoms with Gasteiger partial charge in [0.1, 0.15) is 11.6 Å². The smallest absolute Gasteiger partial charge is 0.141 e. The molecule has 0 amide bonds. The van der Waals surface area contributed by atoms with Gasteiger partial charge in [0.05, 0.1) is 16.9 Å². The van der Waals surface area contributed by atoms with Gasteiger partial charge in [-0.25, -0.2) is 9.37 Å². The largest absolute Gasteiger partial charge is 0.342 e. The lowest BCUT2D eigenvalue weighted by atomic mass is 10.1. The zero-order valence-electron chi connectivity index (χ0n) is 9.37.